The SMILES string of the molecule is CCC(=O)NC[C@H]1CCCN(C(=O)NCc2ccc(OC)cc2)C1. The van der Waals surface area contributed by atoms with Gasteiger partial charge >= 0.3 is 6.03 Å². The second kappa shape index (κ2) is 9.15. The van der Waals surface area contributed by atoms with Crippen LogP contribution in [0.1, 0.15) is 31.7 Å². The number of hydrogen-bond acceptors (Lipinski definition) is 3. The Labute approximate surface area is 143 Å². The third-order valence-corrected chi connectivity index (χ3v) is 4.32. The average Bonchev–Trinajstić information content (AvgIpc) is 2.64. The van der Waals surface area contributed by atoms with E-state index in [0.717, 1.165) is 30.7 Å². The van der Waals surface area contributed by atoms with Gasteiger partial charge in [-0.1, -0.05) is 19.1 Å². The van der Waals surface area contributed by atoms with E-state index in [2.05, 4.69) is 10.6 Å². The summed E-state index contributed by atoms with van der Waals surface area (Å²) in [5.41, 5.74) is 1.04. The molecule has 0 bridgehead atoms. The van der Waals surface area contributed by atoms with Gasteiger partial charge in [0.15, 0.2) is 0 Å². The lowest BCUT2D eigenvalue weighted by atomic mass is 9.98. The number of benzene rings is 1. The number of nitrogens with zero attached hydrogens (tertiary/aromatic N) is 1. The lowest BCUT2D eigenvalue weighted by Crippen LogP contribution is -2.47. The van der Waals surface area contributed by atoms with Gasteiger partial charge < -0.3 is 20.3 Å². The topological polar surface area (TPSA) is 70.7 Å². The fourth-order valence-electron chi connectivity index (χ4n) is 2.83. The quantitative estimate of drug-likeness (QED) is 0.838. The van der Waals surface area contributed by atoms with Gasteiger partial charge in [-0.3, -0.25) is 4.79 Å². The molecule has 0 unspecified atom stereocenters. The van der Waals surface area contributed by atoms with Crippen LogP contribution in [-0.4, -0.2) is 43.6 Å². The maximum atomic E-state index is 12.3. The molecule has 1 saturated heterocycles. The maximum Gasteiger partial charge on any atom is 0.317 e. The van der Waals surface area contributed by atoms with E-state index < -0.39 is 0 Å². The molecular weight excluding hydrogens is 306 g/mol. The summed E-state index contributed by atoms with van der Waals surface area (Å²) in [7, 11) is 1.63. The molecule has 3 amide bonds. The summed E-state index contributed by atoms with van der Waals surface area (Å²) in [5.74, 6) is 1.20. The third kappa shape index (κ3) is 5.44. The van der Waals surface area contributed by atoms with Gasteiger partial charge in [-0.2, -0.15) is 0 Å². The Kier molecular flexibility index (Phi) is 6.90. The van der Waals surface area contributed by atoms with Gasteiger partial charge in [-0.15, -0.1) is 0 Å². The van der Waals surface area contributed by atoms with Crippen molar-refractivity contribution in [3.8, 4) is 5.75 Å². The Morgan fingerprint density at radius 1 is 1.25 bits per heavy atom. The summed E-state index contributed by atoms with van der Waals surface area (Å²) in [6, 6.07) is 7.61. The van der Waals surface area contributed by atoms with Crippen LogP contribution in [0.2, 0.25) is 0 Å². The molecule has 132 valence electrons. The summed E-state index contributed by atoms with van der Waals surface area (Å²) < 4.78 is 5.12. The predicted molar refractivity (Wildman–Crippen MR) is 92.8 cm³/mol. The molecule has 1 aliphatic heterocycles. The fraction of sp³-hybridized carbons (Fsp3) is 0.556. The smallest absolute Gasteiger partial charge is 0.317 e. The zero-order valence-corrected chi connectivity index (χ0v) is 14.5. The lowest BCUT2D eigenvalue weighted by Gasteiger charge is -2.32. The molecule has 6 nitrogen and oxygen atoms in total. The summed E-state index contributed by atoms with van der Waals surface area (Å²) >= 11 is 0. The summed E-state index contributed by atoms with van der Waals surface area (Å²) in [6.07, 6.45) is 2.52. The molecule has 1 aliphatic rings. The normalized spacial score (nSPS) is 17.2. The Morgan fingerprint density at radius 3 is 2.67 bits per heavy atom. The Balaban J connectivity index is 1.77. The average molecular weight is 333 g/mol. The highest BCUT2D eigenvalue weighted by atomic mass is 16.5. The summed E-state index contributed by atoms with van der Waals surface area (Å²) in [6.45, 7) is 4.45. The van der Waals surface area contributed by atoms with E-state index in [4.69, 9.17) is 4.74 Å². The van der Waals surface area contributed by atoms with Gasteiger partial charge in [0.05, 0.1) is 7.11 Å². The minimum atomic E-state index is -0.0441. The molecule has 1 aromatic rings. The molecule has 1 atom stereocenters. The largest absolute Gasteiger partial charge is 0.497 e. The van der Waals surface area contributed by atoms with E-state index in [9.17, 15) is 9.59 Å². The number of nitrogens with one attached hydrogen (secondary N) is 2. The molecular formula is C18H27N3O3. The number of likely N-dealkylation sites (tertiary alicyclic amines) is 1. The van der Waals surface area contributed by atoms with Crippen LogP contribution in [0.25, 0.3) is 0 Å². The molecule has 2 rings (SSSR count). The van der Waals surface area contributed by atoms with Crippen LogP contribution in [-0.2, 0) is 11.3 Å². The first-order valence-electron chi connectivity index (χ1n) is 8.54. The van der Waals surface area contributed by atoms with Gasteiger partial charge in [0.1, 0.15) is 5.75 Å². The monoisotopic (exact) mass is 333 g/mol. The number of piperidine rings is 1. The van der Waals surface area contributed by atoms with Crippen LogP contribution in [0.15, 0.2) is 24.3 Å². The minimum Gasteiger partial charge on any atom is -0.497 e. The van der Waals surface area contributed by atoms with Crippen molar-refractivity contribution in [2.75, 3.05) is 26.7 Å². The van der Waals surface area contributed by atoms with Crippen LogP contribution in [0.3, 0.4) is 0 Å². The van der Waals surface area contributed by atoms with Crippen molar-refractivity contribution in [3.63, 3.8) is 0 Å². The highest BCUT2D eigenvalue weighted by Gasteiger charge is 2.23. The molecule has 0 radical (unpaired) electrons. The van der Waals surface area contributed by atoms with Crippen molar-refractivity contribution in [1.82, 2.24) is 15.5 Å². The van der Waals surface area contributed by atoms with Crippen LogP contribution in [0.4, 0.5) is 4.79 Å². The van der Waals surface area contributed by atoms with E-state index in [1.807, 2.05) is 36.1 Å². The first kappa shape index (κ1) is 18.1. The van der Waals surface area contributed by atoms with E-state index in [0.29, 0.717) is 32.0 Å². The fourth-order valence-corrected chi connectivity index (χ4v) is 2.83. The van der Waals surface area contributed by atoms with Gasteiger partial charge in [-0.25, -0.2) is 4.79 Å². The lowest BCUT2D eigenvalue weighted by molar-refractivity contribution is -0.121. The van der Waals surface area contributed by atoms with Crippen molar-refractivity contribution in [1.29, 1.82) is 0 Å². The van der Waals surface area contributed by atoms with Crippen LogP contribution >= 0.6 is 0 Å². The molecule has 0 saturated carbocycles. The predicted octanol–water partition coefficient (Wildman–Crippen LogP) is 2.14. The Bertz CT molecular complexity index is 545. The number of carbonyl (C=O) groups excluding carboxylic acids is 2. The number of urea groups is 1. The van der Waals surface area contributed by atoms with Crippen molar-refractivity contribution < 1.29 is 14.3 Å². The molecule has 1 fully saturated rings. The number of hydrogen-bond donors (Lipinski definition) is 2. The number of amides is 3. The van der Waals surface area contributed by atoms with Crippen molar-refractivity contribution in [2.24, 2.45) is 5.92 Å². The number of rotatable bonds is 6. The molecule has 0 spiro atoms. The molecule has 2 N–H and O–H groups in total. The zero-order valence-electron chi connectivity index (χ0n) is 14.5. The minimum absolute atomic E-state index is 0.0441. The second-order valence-electron chi connectivity index (χ2n) is 6.12. The maximum absolute atomic E-state index is 12.3. The van der Waals surface area contributed by atoms with Gasteiger partial charge in [0, 0.05) is 32.6 Å². The highest BCUT2D eigenvalue weighted by Crippen LogP contribution is 2.16. The Hall–Kier alpha value is -2.24. The third-order valence-electron chi connectivity index (χ3n) is 4.32. The first-order chi connectivity index (χ1) is 11.6. The van der Waals surface area contributed by atoms with Crippen molar-refractivity contribution in [2.45, 2.75) is 32.7 Å². The van der Waals surface area contributed by atoms with Crippen LogP contribution < -0.4 is 15.4 Å². The van der Waals surface area contributed by atoms with Crippen molar-refractivity contribution >= 4 is 11.9 Å². The molecule has 0 aromatic heterocycles. The number of ether oxygens (including phenoxy) is 1. The molecule has 1 heterocycles. The van der Waals surface area contributed by atoms with Gasteiger partial charge in [0.25, 0.3) is 0 Å². The van der Waals surface area contributed by atoms with Gasteiger partial charge in [0.2, 0.25) is 5.91 Å². The van der Waals surface area contributed by atoms with E-state index >= 15 is 0 Å². The highest BCUT2D eigenvalue weighted by molar-refractivity contribution is 5.75. The van der Waals surface area contributed by atoms with Crippen molar-refractivity contribution in [3.05, 3.63) is 29.8 Å². The molecule has 24 heavy (non-hydrogen) atoms. The first-order valence-corrected chi connectivity index (χ1v) is 8.54. The standard InChI is InChI=1S/C18H27N3O3/c1-3-17(22)19-12-15-5-4-10-21(13-15)18(23)20-11-14-6-8-16(24-2)9-7-14/h6-9,15H,3-5,10-13H2,1-2H3,(H,19,22)(H,20,23)/t15-/m1/s1. The number of methoxy groups -OCH3 is 1. The summed E-state index contributed by atoms with van der Waals surface area (Å²) in [5, 5.41) is 5.88. The van der Waals surface area contributed by atoms with Gasteiger partial charge in [-0.05, 0) is 36.5 Å². The molecule has 6 heteroatoms. The summed E-state index contributed by atoms with van der Waals surface area (Å²) in [4.78, 5) is 25.5. The van der Waals surface area contributed by atoms with E-state index in [-0.39, 0.29) is 11.9 Å². The Morgan fingerprint density at radius 2 is 2.00 bits per heavy atom. The molecule has 1 aromatic carbocycles. The van der Waals surface area contributed by atoms with Crippen LogP contribution in [0.5, 0.6) is 5.75 Å². The number of carbonyl (C=O) groups is 2. The second-order valence-corrected chi connectivity index (χ2v) is 6.12. The zero-order chi connectivity index (χ0) is 17.4. The van der Waals surface area contributed by atoms with E-state index in [1.54, 1.807) is 7.11 Å². The molecule has 0 aliphatic carbocycles. The van der Waals surface area contributed by atoms with E-state index in [1.165, 1.54) is 0 Å². The van der Waals surface area contributed by atoms with Crippen LogP contribution in [0, 0.1) is 5.92 Å².